The number of amides is 2. The number of aryl methyl sites for hydroxylation is 1. The third-order valence-electron chi connectivity index (χ3n) is 1.65. The first-order chi connectivity index (χ1) is 7.22. The van der Waals surface area contributed by atoms with Gasteiger partial charge in [-0.1, -0.05) is 0 Å². The van der Waals surface area contributed by atoms with Gasteiger partial charge in [0.2, 0.25) is 0 Å². The van der Waals surface area contributed by atoms with E-state index in [0.717, 1.165) is 11.3 Å². The van der Waals surface area contributed by atoms with Crippen molar-refractivity contribution in [3.8, 4) is 0 Å². The molecule has 0 bridgehead atoms. The van der Waals surface area contributed by atoms with Crippen LogP contribution in [0.1, 0.15) is 11.3 Å². The van der Waals surface area contributed by atoms with Gasteiger partial charge in [-0.25, -0.2) is 9.78 Å². The highest BCUT2D eigenvalue weighted by Crippen LogP contribution is 2.15. The Hall–Kier alpha value is -1.14. The van der Waals surface area contributed by atoms with Crippen LogP contribution in [0, 0.1) is 6.92 Å². The first-order valence-corrected chi connectivity index (χ1v) is 5.50. The number of carbonyl (C=O) groups excluding carboxylic acids is 1. The van der Waals surface area contributed by atoms with Gasteiger partial charge in [0, 0.05) is 31.3 Å². The smallest absolute Gasteiger partial charge is 0.321 e. The summed E-state index contributed by atoms with van der Waals surface area (Å²) in [6.45, 7) is 3.19. The van der Waals surface area contributed by atoms with Gasteiger partial charge in [-0.3, -0.25) is 5.32 Å². The SMILES string of the molecule is COCCCNC(=O)Nc1ncc(C)s1. The zero-order chi connectivity index (χ0) is 11.1. The molecule has 0 aromatic carbocycles. The number of hydrogen-bond acceptors (Lipinski definition) is 4. The van der Waals surface area contributed by atoms with Crippen LogP contribution in [-0.4, -0.2) is 31.3 Å². The lowest BCUT2D eigenvalue weighted by atomic mass is 10.4. The van der Waals surface area contributed by atoms with Gasteiger partial charge in [0.1, 0.15) is 0 Å². The van der Waals surface area contributed by atoms with Gasteiger partial charge in [0.05, 0.1) is 0 Å². The van der Waals surface area contributed by atoms with Crippen molar-refractivity contribution in [2.75, 3.05) is 25.6 Å². The van der Waals surface area contributed by atoms with Gasteiger partial charge in [0.25, 0.3) is 0 Å². The number of anilines is 1. The zero-order valence-electron chi connectivity index (χ0n) is 8.87. The Kier molecular flexibility index (Phi) is 5.06. The van der Waals surface area contributed by atoms with Gasteiger partial charge in [-0.05, 0) is 13.3 Å². The van der Waals surface area contributed by atoms with E-state index in [9.17, 15) is 4.79 Å². The van der Waals surface area contributed by atoms with Crippen LogP contribution in [0.3, 0.4) is 0 Å². The van der Waals surface area contributed by atoms with Gasteiger partial charge in [0.15, 0.2) is 5.13 Å². The molecule has 5 nitrogen and oxygen atoms in total. The molecule has 0 aliphatic rings. The molecule has 1 heterocycles. The van der Waals surface area contributed by atoms with Gasteiger partial charge >= 0.3 is 6.03 Å². The lowest BCUT2D eigenvalue weighted by Crippen LogP contribution is -2.29. The average Bonchev–Trinajstić information content (AvgIpc) is 2.59. The minimum absolute atomic E-state index is 0.222. The number of hydrogen-bond donors (Lipinski definition) is 2. The van der Waals surface area contributed by atoms with Gasteiger partial charge in [-0.2, -0.15) is 0 Å². The van der Waals surface area contributed by atoms with Gasteiger partial charge in [-0.15, -0.1) is 11.3 Å². The molecular formula is C9H15N3O2S. The number of carbonyl (C=O) groups is 1. The third kappa shape index (κ3) is 4.75. The van der Waals surface area contributed by atoms with E-state index in [-0.39, 0.29) is 6.03 Å². The Morgan fingerprint density at radius 3 is 3.07 bits per heavy atom. The molecule has 15 heavy (non-hydrogen) atoms. The second-order valence-electron chi connectivity index (χ2n) is 3.00. The van der Waals surface area contributed by atoms with Crippen molar-refractivity contribution in [2.24, 2.45) is 0 Å². The van der Waals surface area contributed by atoms with E-state index in [1.807, 2.05) is 6.92 Å². The minimum Gasteiger partial charge on any atom is -0.385 e. The summed E-state index contributed by atoms with van der Waals surface area (Å²) in [4.78, 5) is 16.4. The molecule has 0 atom stereocenters. The van der Waals surface area contributed by atoms with Crippen LogP contribution in [0.25, 0.3) is 0 Å². The maximum Gasteiger partial charge on any atom is 0.321 e. The number of aromatic nitrogens is 1. The molecule has 0 aliphatic heterocycles. The molecule has 6 heteroatoms. The number of methoxy groups -OCH3 is 1. The number of nitrogens with zero attached hydrogens (tertiary/aromatic N) is 1. The molecular weight excluding hydrogens is 214 g/mol. The van der Waals surface area contributed by atoms with Crippen LogP contribution in [-0.2, 0) is 4.74 Å². The number of urea groups is 1. The average molecular weight is 229 g/mol. The van der Waals surface area contributed by atoms with Crippen molar-refractivity contribution in [1.29, 1.82) is 0 Å². The van der Waals surface area contributed by atoms with Crippen LogP contribution in [0.5, 0.6) is 0 Å². The maximum absolute atomic E-state index is 11.3. The lowest BCUT2D eigenvalue weighted by molar-refractivity contribution is 0.194. The predicted octanol–water partition coefficient (Wildman–Crippen LogP) is 1.61. The van der Waals surface area contributed by atoms with Crippen LogP contribution >= 0.6 is 11.3 Å². The van der Waals surface area contributed by atoms with Crippen molar-refractivity contribution in [2.45, 2.75) is 13.3 Å². The first-order valence-electron chi connectivity index (χ1n) is 4.68. The molecule has 0 saturated heterocycles. The Morgan fingerprint density at radius 1 is 1.67 bits per heavy atom. The standard InChI is InChI=1S/C9H15N3O2S/c1-7-6-11-9(15-7)12-8(13)10-4-3-5-14-2/h6H,3-5H2,1-2H3,(H2,10,11,12,13). The van der Waals surface area contributed by atoms with Crippen LogP contribution in [0.2, 0.25) is 0 Å². The molecule has 0 saturated carbocycles. The number of nitrogens with one attached hydrogen (secondary N) is 2. The fraction of sp³-hybridized carbons (Fsp3) is 0.556. The molecule has 0 fully saturated rings. The Morgan fingerprint density at radius 2 is 2.47 bits per heavy atom. The Bertz CT molecular complexity index is 314. The first kappa shape index (κ1) is 11.9. The largest absolute Gasteiger partial charge is 0.385 e. The third-order valence-corrected chi connectivity index (χ3v) is 2.48. The van der Waals surface area contributed by atoms with Gasteiger partial charge < -0.3 is 10.1 Å². The number of rotatable bonds is 5. The molecule has 1 aromatic rings. The highest BCUT2D eigenvalue weighted by molar-refractivity contribution is 7.15. The summed E-state index contributed by atoms with van der Waals surface area (Å²) in [6.07, 6.45) is 2.53. The summed E-state index contributed by atoms with van der Waals surface area (Å²) in [7, 11) is 1.64. The van der Waals surface area contributed by atoms with Crippen molar-refractivity contribution < 1.29 is 9.53 Å². The fourth-order valence-electron chi connectivity index (χ4n) is 0.972. The second-order valence-corrected chi connectivity index (χ2v) is 4.24. The number of ether oxygens (including phenoxy) is 1. The molecule has 0 radical (unpaired) electrons. The number of thiazole rings is 1. The molecule has 1 aromatic heterocycles. The van der Waals surface area contributed by atoms with Crippen LogP contribution in [0.4, 0.5) is 9.93 Å². The monoisotopic (exact) mass is 229 g/mol. The molecule has 84 valence electrons. The van der Waals surface area contributed by atoms with Crippen molar-refractivity contribution >= 4 is 22.5 Å². The topological polar surface area (TPSA) is 63.2 Å². The van der Waals surface area contributed by atoms with E-state index in [0.29, 0.717) is 18.3 Å². The van der Waals surface area contributed by atoms with E-state index in [4.69, 9.17) is 4.74 Å². The summed E-state index contributed by atoms with van der Waals surface area (Å²) in [6, 6.07) is -0.222. The van der Waals surface area contributed by atoms with Crippen molar-refractivity contribution in [3.63, 3.8) is 0 Å². The van der Waals surface area contributed by atoms with E-state index >= 15 is 0 Å². The zero-order valence-corrected chi connectivity index (χ0v) is 9.69. The van der Waals surface area contributed by atoms with E-state index in [1.165, 1.54) is 11.3 Å². The summed E-state index contributed by atoms with van der Waals surface area (Å²) in [5.74, 6) is 0. The molecule has 2 N–H and O–H groups in total. The molecule has 0 aliphatic carbocycles. The summed E-state index contributed by atoms with van der Waals surface area (Å²) in [5, 5.41) is 5.99. The lowest BCUT2D eigenvalue weighted by Gasteiger charge is -2.04. The Balaban J connectivity index is 2.18. The molecule has 0 spiro atoms. The van der Waals surface area contributed by atoms with E-state index in [1.54, 1.807) is 13.3 Å². The Labute approximate surface area is 92.9 Å². The predicted molar refractivity (Wildman–Crippen MR) is 60.4 cm³/mol. The highest BCUT2D eigenvalue weighted by atomic mass is 32.1. The fourth-order valence-corrected chi connectivity index (χ4v) is 1.63. The molecule has 1 rings (SSSR count). The minimum atomic E-state index is -0.222. The van der Waals surface area contributed by atoms with E-state index in [2.05, 4.69) is 15.6 Å². The second kappa shape index (κ2) is 6.36. The van der Waals surface area contributed by atoms with Crippen molar-refractivity contribution in [1.82, 2.24) is 10.3 Å². The summed E-state index contributed by atoms with van der Waals surface area (Å²) < 4.78 is 4.86. The van der Waals surface area contributed by atoms with E-state index < -0.39 is 0 Å². The molecule has 0 unspecified atom stereocenters. The van der Waals surface area contributed by atoms with Crippen LogP contribution < -0.4 is 10.6 Å². The van der Waals surface area contributed by atoms with Crippen LogP contribution in [0.15, 0.2) is 6.20 Å². The maximum atomic E-state index is 11.3. The summed E-state index contributed by atoms with van der Waals surface area (Å²) >= 11 is 1.45. The quantitative estimate of drug-likeness (QED) is 0.754. The summed E-state index contributed by atoms with van der Waals surface area (Å²) in [5.41, 5.74) is 0. The normalized spacial score (nSPS) is 10.0. The van der Waals surface area contributed by atoms with Crippen molar-refractivity contribution in [3.05, 3.63) is 11.1 Å². The highest BCUT2D eigenvalue weighted by Gasteiger charge is 2.03. The molecule has 2 amide bonds.